The molecule has 2 amide bonds. The minimum Gasteiger partial charge on any atom is -0.335 e. The second-order valence-corrected chi connectivity index (χ2v) is 7.48. The largest absolute Gasteiger partial charge is 0.335 e. The highest BCUT2D eigenvalue weighted by atomic mass is 32.1. The molecule has 1 aliphatic rings. The van der Waals surface area contributed by atoms with Crippen molar-refractivity contribution in [2.45, 2.75) is 13.8 Å². The molecule has 7 heteroatoms. The number of benzene rings is 1. The molecule has 2 aromatic rings. The van der Waals surface area contributed by atoms with E-state index < -0.39 is 0 Å². The summed E-state index contributed by atoms with van der Waals surface area (Å²) < 4.78 is 0. The van der Waals surface area contributed by atoms with Crippen LogP contribution in [0.5, 0.6) is 0 Å². The Balaban J connectivity index is 1.77. The molecule has 1 aromatic carbocycles. The number of likely N-dealkylation sites (N-methyl/N-ethyl adjacent to an activating group) is 1. The van der Waals surface area contributed by atoms with E-state index in [2.05, 4.69) is 22.2 Å². The van der Waals surface area contributed by atoms with Crippen LogP contribution >= 0.6 is 11.3 Å². The minimum atomic E-state index is -0.0992. The number of piperazine rings is 1. The third-order valence-electron chi connectivity index (χ3n) is 4.24. The lowest BCUT2D eigenvalue weighted by Crippen LogP contribution is -2.47. The van der Waals surface area contributed by atoms with E-state index in [4.69, 9.17) is 0 Å². The monoisotopic (exact) mass is 358 g/mol. The molecule has 0 saturated carbocycles. The van der Waals surface area contributed by atoms with Crippen molar-refractivity contribution in [2.24, 2.45) is 0 Å². The van der Waals surface area contributed by atoms with Gasteiger partial charge in [0.05, 0.1) is 0 Å². The molecule has 0 unspecified atom stereocenters. The first-order valence-corrected chi connectivity index (χ1v) is 9.09. The van der Waals surface area contributed by atoms with Gasteiger partial charge < -0.3 is 15.1 Å². The van der Waals surface area contributed by atoms with E-state index >= 15 is 0 Å². The number of thiazole rings is 1. The molecule has 1 saturated heterocycles. The van der Waals surface area contributed by atoms with Crippen LogP contribution in [0, 0.1) is 6.92 Å². The van der Waals surface area contributed by atoms with Crippen LogP contribution < -0.4 is 5.32 Å². The number of carbonyl (C=O) groups is 2. The number of rotatable bonds is 3. The maximum Gasteiger partial charge on any atom is 0.273 e. The Hall–Kier alpha value is -2.25. The number of hydrogen-bond donors (Lipinski definition) is 1. The summed E-state index contributed by atoms with van der Waals surface area (Å²) in [5.74, 6) is -0.0825. The van der Waals surface area contributed by atoms with E-state index in [1.807, 2.05) is 36.1 Å². The van der Waals surface area contributed by atoms with Gasteiger partial charge in [0, 0.05) is 49.2 Å². The normalized spacial score (nSPS) is 15.2. The highest BCUT2D eigenvalue weighted by Crippen LogP contribution is 2.29. The highest BCUT2D eigenvalue weighted by molar-refractivity contribution is 7.15. The van der Waals surface area contributed by atoms with E-state index in [1.165, 1.54) is 18.3 Å². The standard InChI is InChI=1S/C18H22N4O2S/c1-12-16(18(24)22-10-8-21(3)9-11-22)20-17(25-12)14-4-6-15(7-5-14)19-13(2)23/h4-7H,8-11H2,1-3H3,(H,19,23). The number of amides is 2. The summed E-state index contributed by atoms with van der Waals surface area (Å²) in [6, 6.07) is 7.51. The molecule has 0 aliphatic carbocycles. The number of carbonyl (C=O) groups excluding carboxylic acids is 2. The van der Waals surface area contributed by atoms with Crippen molar-refractivity contribution in [3.05, 3.63) is 34.8 Å². The lowest BCUT2D eigenvalue weighted by molar-refractivity contribution is -0.114. The second-order valence-electron chi connectivity index (χ2n) is 6.28. The molecule has 6 nitrogen and oxygen atoms in total. The van der Waals surface area contributed by atoms with Crippen molar-refractivity contribution in [2.75, 3.05) is 38.5 Å². The predicted octanol–water partition coefficient (Wildman–Crippen LogP) is 2.46. The van der Waals surface area contributed by atoms with Gasteiger partial charge in [-0.15, -0.1) is 11.3 Å². The summed E-state index contributed by atoms with van der Waals surface area (Å²) in [6.07, 6.45) is 0. The quantitative estimate of drug-likeness (QED) is 0.915. The third-order valence-corrected chi connectivity index (χ3v) is 5.26. The van der Waals surface area contributed by atoms with E-state index in [1.54, 1.807) is 0 Å². The maximum absolute atomic E-state index is 12.8. The fourth-order valence-electron chi connectivity index (χ4n) is 2.78. The first kappa shape index (κ1) is 17.6. The van der Waals surface area contributed by atoms with Crippen molar-refractivity contribution in [1.29, 1.82) is 0 Å². The molecular weight excluding hydrogens is 336 g/mol. The van der Waals surface area contributed by atoms with Gasteiger partial charge in [-0.1, -0.05) is 0 Å². The molecule has 1 fully saturated rings. The van der Waals surface area contributed by atoms with Gasteiger partial charge in [0.1, 0.15) is 10.7 Å². The summed E-state index contributed by atoms with van der Waals surface area (Å²) in [6.45, 7) is 6.70. The van der Waals surface area contributed by atoms with E-state index in [-0.39, 0.29) is 11.8 Å². The zero-order valence-electron chi connectivity index (χ0n) is 14.7. The molecule has 2 heterocycles. The lowest BCUT2D eigenvalue weighted by atomic mass is 10.2. The van der Waals surface area contributed by atoms with Crippen LogP contribution in [-0.2, 0) is 4.79 Å². The van der Waals surface area contributed by atoms with Crippen LogP contribution in [0.15, 0.2) is 24.3 Å². The molecule has 0 atom stereocenters. The fourth-order valence-corrected chi connectivity index (χ4v) is 3.69. The van der Waals surface area contributed by atoms with Gasteiger partial charge in [-0.2, -0.15) is 0 Å². The van der Waals surface area contributed by atoms with Gasteiger partial charge in [0.25, 0.3) is 5.91 Å². The third kappa shape index (κ3) is 4.05. The lowest BCUT2D eigenvalue weighted by Gasteiger charge is -2.32. The second kappa shape index (κ2) is 7.33. The summed E-state index contributed by atoms with van der Waals surface area (Å²) in [5.41, 5.74) is 2.24. The maximum atomic E-state index is 12.8. The number of hydrogen-bond acceptors (Lipinski definition) is 5. The molecule has 3 rings (SSSR count). The molecule has 0 radical (unpaired) electrons. The van der Waals surface area contributed by atoms with Crippen molar-refractivity contribution < 1.29 is 9.59 Å². The first-order valence-electron chi connectivity index (χ1n) is 8.27. The van der Waals surface area contributed by atoms with Gasteiger partial charge in [0.15, 0.2) is 0 Å². The molecule has 1 aromatic heterocycles. The van der Waals surface area contributed by atoms with Crippen molar-refractivity contribution in [3.63, 3.8) is 0 Å². The van der Waals surface area contributed by atoms with Crippen LogP contribution in [0.1, 0.15) is 22.3 Å². The number of nitrogens with one attached hydrogen (secondary N) is 1. The molecule has 0 spiro atoms. The molecule has 132 valence electrons. The number of aromatic nitrogens is 1. The van der Waals surface area contributed by atoms with Crippen LogP contribution in [-0.4, -0.2) is 59.8 Å². The summed E-state index contributed by atoms with van der Waals surface area (Å²) in [7, 11) is 2.07. The Kier molecular flexibility index (Phi) is 5.15. The average Bonchev–Trinajstić information content (AvgIpc) is 2.97. The van der Waals surface area contributed by atoms with Crippen LogP contribution in [0.2, 0.25) is 0 Å². The Bertz CT molecular complexity index is 777. The Morgan fingerprint density at radius 2 is 1.76 bits per heavy atom. The van der Waals surface area contributed by atoms with Crippen LogP contribution in [0.4, 0.5) is 5.69 Å². The zero-order chi connectivity index (χ0) is 18.0. The van der Waals surface area contributed by atoms with E-state index in [0.29, 0.717) is 5.69 Å². The van der Waals surface area contributed by atoms with Crippen molar-refractivity contribution >= 4 is 28.8 Å². The Morgan fingerprint density at radius 3 is 2.36 bits per heavy atom. The summed E-state index contributed by atoms with van der Waals surface area (Å²) in [5, 5.41) is 3.57. The van der Waals surface area contributed by atoms with Crippen LogP contribution in [0.25, 0.3) is 10.6 Å². The van der Waals surface area contributed by atoms with E-state index in [0.717, 1.165) is 47.3 Å². The topological polar surface area (TPSA) is 65.5 Å². The predicted molar refractivity (Wildman–Crippen MR) is 100.0 cm³/mol. The SMILES string of the molecule is CC(=O)Nc1ccc(-c2nc(C(=O)N3CCN(C)CC3)c(C)s2)cc1. The zero-order valence-corrected chi connectivity index (χ0v) is 15.5. The average molecular weight is 358 g/mol. The van der Waals surface area contributed by atoms with Gasteiger partial charge in [-0.25, -0.2) is 4.98 Å². The number of anilines is 1. The summed E-state index contributed by atoms with van der Waals surface area (Å²) >= 11 is 1.52. The summed E-state index contributed by atoms with van der Waals surface area (Å²) in [4.78, 5) is 33.5. The Morgan fingerprint density at radius 1 is 1.12 bits per heavy atom. The number of nitrogens with zero attached hydrogens (tertiary/aromatic N) is 3. The van der Waals surface area contributed by atoms with Gasteiger partial charge in [0.2, 0.25) is 5.91 Å². The molecule has 1 aliphatic heterocycles. The van der Waals surface area contributed by atoms with Gasteiger partial charge in [-0.05, 0) is 38.2 Å². The molecular formula is C18H22N4O2S. The minimum absolute atomic E-state index is 0.0166. The smallest absolute Gasteiger partial charge is 0.273 e. The fraction of sp³-hybridized carbons (Fsp3) is 0.389. The van der Waals surface area contributed by atoms with Crippen molar-refractivity contribution in [3.8, 4) is 10.6 Å². The highest BCUT2D eigenvalue weighted by Gasteiger charge is 2.24. The first-order chi connectivity index (χ1) is 11.9. The van der Waals surface area contributed by atoms with Crippen LogP contribution in [0.3, 0.4) is 0 Å². The van der Waals surface area contributed by atoms with Gasteiger partial charge >= 0.3 is 0 Å². The molecule has 0 bridgehead atoms. The molecule has 1 N–H and O–H groups in total. The van der Waals surface area contributed by atoms with Crippen molar-refractivity contribution in [1.82, 2.24) is 14.8 Å². The Labute approximate surface area is 151 Å². The van der Waals surface area contributed by atoms with E-state index in [9.17, 15) is 9.59 Å². The number of aryl methyl sites for hydroxylation is 1. The van der Waals surface area contributed by atoms with Gasteiger partial charge in [-0.3, -0.25) is 9.59 Å². The molecule has 25 heavy (non-hydrogen) atoms.